The molecule has 4 N–H and O–H groups in total. The smallest absolute Gasteiger partial charge is 0.169 e. The molecule has 1 aromatic rings. The maximum Gasteiger partial charge on any atom is 0.169 e. The zero-order chi connectivity index (χ0) is 13.7. The van der Waals surface area contributed by atoms with Crippen LogP contribution < -0.4 is 16.5 Å². The third-order valence-electron chi connectivity index (χ3n) is 3.41. The highest BCUT2D eigenvalue weighted by molar-refractivity contribution is 5.73. The molecule has 1 fully saturated rings. The van der Waals surface area contributed by atoms with Crippen LogP contribution in [0.25, 0.3) is 0 Å². The van der Waals surface area contributed by atoms with Crippen molar-refractivity contribution in [2.75, 3.05) is 30.6 Å². The molecule has 106 valence electrons. The zero-order valence-corrected chi connectivity index (χ0v) is 11.8. The summed E-state index contributed by atoms with van der Waals surface area (Å²) in [5.41, 5.74) is 9.78. The first-order chi connectivity index (χ1) is 9.16. The fourth-order valence-corrected chi connectivity index (χ4v) is 2.43. The van der Waals surface area contributed by atoms with E-state index in [-0.39, 0.29) is 0 Å². The van der Waals surface area contributed by atoms with Gasteiger partial charge in [0.1, 0.15) is 12.0 Å². The molecular formula is C13H24N6. The first kappa shape index (κ1) is 13.9. The van der Waals surface area contributed by atoms with Crippen molar-refractivity contribution in [3.05, 3.63) is 6.33 Å². The van der Waals surface area contributed by atoms with Crippen LogP contribution >= 0.6 is 0 Å². The maximum absolute atomic E-state index is 6.11. The molecule has 2 rings (SSSR count). The van der Waals surface area contributed by atoms with Gasteiger partial charge in [-0.15, -0.1) is 0 Å². The lowest BCUT2D eigenvalue weighted by Gasteiger charge is -2.20. The van der Waals surface area contributed by atoms with Gasteiger partial charge in [-0.25, -0.2) is 15.0 Å². The summed E-state index contributed by atoms with van der Waals surface area (Å²) in [5, 5.41) is 5.28. The van der Waals surface area contributed by atoms with Crippen molar-refractivity contribution >= 4 is 17.3 Å². The molecular weight excluding hydrogens is 240 g/mol. The van der Waals surface area contributed by atoms with Crippen molar-refractivity contribution in [3.8, 4) is 0 Å². The van der Waals surface area contributed by atoms with Crippen molar-refractivity contribution in [1.29, 1.82) is 0 Å². The van der Waals surface area contributed by atoms with Gasteiger partial charge in [-0.05, 0) is 12.8 Å². The molecule has 0 atom stereocenters. The Morgan fingerprint density at radius 2 is 1.74 bits per heavy atom. The monoisotopic (exact) mass is 264 g/mol. The fourth-order valence-electron chi connectivity index (χ4n) is 2.43. The minimum atomic E-state index is 0.479. The molecule has 6 heteroatoms. The topological polar surface area (TPSA) is 79.1 Å². The summed E-state index contributed by atoms with van der Waals surface area (Å²) in [6.07, 6.45) is 9.17. The van der Waals surface area contributed by atoms with E-state index in [4.69, 9.17) is 5.73 Å². The van der Waals surface area contributed by atoms with Crippen LogP contribution in [0.5, 0.6) is 0 Å². The minimum Gasteiger partial charge on any atom is -0.393 e. The van der Waals surface area contributed by atoms with Gasteiger partial charge in [0.05, 0.1) is 0 Å². The molecule has 1 aromatic heterocycles. The fraction of sp³-hybridized carbons (Fsp3) is 0.692. The quantitative estimate of drug-likeness (QED) is 0.571. The molecule has 1 heterocycles. The van der Waals surface area contributed by atoms with Gasteiger partial charge in [-0.1, -0.05) is 25.7 Å². The van der Waals surface area contributed by atoms with Gasteiger partial charge in [-0.3, -0.25) is 0 Å². The van der Waals surface area contributed by atoms with Crippen LogP contribution in [0.4, 0.5) is 17.3 Å². The Kier molecular flexibility index (Phi) is 4.79. The van der Waals surface area contributed by atoms with E-state index < -0.39 is 0 Å². The Morgan fingerprint density at radius 1 is 1.11 bits per heavy atom. The third kappa shape index (κ3) is 3.96. The highest BCUT2D eigenvalue weighted by Gasteiger charge is 2.15. The van der Waals surface area contributed by atoms with Crippen LogP contribution in [0.1, 0.15) is 38.5 Å². The van der Waals surface area contributed by atoms with E-state index in [9.17, 15) is 0 Å². The second-order valence-electron chi connectivity index (χ2n) is 5.32. The van der Waals surface area contributed by atoms with Crippen LogP contribution in [-0.2, 0) is 0 Å². The molecule has 0 amide bonds. The summed E-state index contributed by atoms with van der Waals surface area (Å²) in [7, 11) is 3.81. The lowest BCUT2D eigenvalue weighted by molar-refractivity contribution is 0.492. The number of aromatic nitrogens is 2. The molecule has 1 aliphatic rings. The predicted octanol–water partition coefficient (Wildman–Crippen LogP) is 2.08. The van der Waals surface area contributed by atoms with E-state index in [1.165, 1.54) is 38.5 Å². The number of nitrogen functional groups attached to an aromatic ring is 1. The van der Waals surface area contributed by atoms with E-state index >= 15 is 0 Å². The van der Waals surface area contributed by atoms with Gasteiger partial charge < -0.3 is 16.5 Å². The summed E-state index contributed by atoms with van der Waals surface area (Å²) < 4.78 is 0. The molecule has 0 aromatic carbocycles. The van der Waals surface area contributed by atoms with Crippen molar-refractivity contribution in [3.63, 3.8) is 0 Å². The van der Waals surface area contributed by atoms with Crippen molar-refractivity contribution in [2.45, 2.75) is 44.6 Å². The summed E-state index contributed by atoms with van der Waals surface area (Å²) in [6, 6.07) is 0.479. The lowest BCUT2D eigenvalue weighted by atomic mass is 10.1. The number of hydrazine groups is 1. The number of hydrogen-bond acceptors (Lipinski definition) is 6. The molecule has 0 aliphatic heterocycles. The van der Waals surface area contributed by atoms with E-state index in [1.54, 1.807) is 6.33 Å². The Morgan fingerprint density at radius 3 is 2.37 bits per heavy atom. The summed E-state index contributed by atoms with van der Waals surface area (Å²) in [5.74, 6) is 1.39. The zero-order valence-electron chi connectivity index (χ0n) is 11.8. The largest absolute Gasteiger partial charge is 0.393 e. The van der Waals surface area contributed by atoms with Gasteiger partial charge >= 0.3 is 0 Å². The van der Waals surface area contributed by atoms with Gasteiger partial charge in [-0.2, -0.15) is 0 Å². The molecule has 1 aliphatic carbocycles. The van der Waals surface area contributed by atoms with Gasteiger partial charge in [0.25, 0.3) is 0 Å². The van der Waals surface area contributed by atoms with Crippen molar-refractivity contribution in [2.24, 2.45) is 0 Å². The van der Waals surface area contributed by atoms with E-state index in [2.05, 4.69) is 20.7 Å². The molecule has 0 unspecified atom stereocenters. The van der Waals surface area contributed by atoms with Crippen LogP contribution in [0.15, 0.2) is 6.33 Å². The molecule has 0 bridgehead atoms. The molecule has 6 nitrogen and oxygen atoms in total. The first-order valence-electron chi connectivity index (χ1n) is 6.98. The Hall–Kier alpha value is -1.56. The highest BCUT2D eigenvalue weighted by atomic mass is 15.5. The number of rotatable bonds is 4. The minimum absolute atomic E-state index is 0.479. The lowest BCUT2D eigenvalue weighted by Crippen LogP contribution is -2.24. The predicted molar refractivity (Wildman–Crippen MR) is 78.9 cm³/mol. The number of nitrogens with zero attached hydrogens (tertiary/aromatic N) is 3. The molecule has 19 heavy (non-hydrogen) atoms. The van der Waals surface area contributed by atoms with Crippen LogP contribution in [0.3, 0.4) is 0 Å². The number of hydrogen-bond donors (Lipinski definition) is 3. The SMILES string of the molecule is CN(C)Nc1ncnc(NC2CCCCCC2)c1N. The average Bonchev–Trinajstić information content (AvgIpc) is 2.62. The normalized spacial score (nSPS) is 17.2. The van der Waals surface area contributed by atoms with Crippen molar-refractivity contribution < 1.29 is 0 Å². The highest BCUT2D eigenvalue weighted by Crippen LogP contribution is 2.26. The third-order valence-corrected chi connectivity index (χ3v) is 3.41. The van der Waals surface area contributed by atoms with E-state index in [0.717, 1.165) is 5.82 Å². The molecule has 0 spiro atoms. The van der Waals surface area contributed by atoms with Gasteiger partial charge in [0.15, 0.2) is 11.6 Å². The summed E-state index contributed by atoms with van der Waals surface area (Å²) >= 11 is 0. The van der Waals surface area contributed by atoms with Crippen LogP contribution in [-0.4, -0.2) is 35.1 Å². The number of nitrogens with two attached hydrogens (primary N) is 1. The van der Waals surface area contributed by atoms with Gasteiger partial charge in [0, 0.05) is 20.1 Å². The van der Waals surface area contributed by atoms with E-state index in [0.29, 0.717) is 17.5 Å². The second kappa shape index (κ2) is 6.56. The standard InChI is InChI=1S/C13H24N6/c1-19(2)18-13-11(14)12(15-9-16-13)17-10-7-5-3-4-6-8-10/h9-10H,3-8,14H2,1-2H3,(H2,15,16,17,18). The first-order valence-corrected chi connectivity index (χ1v) is 6.98. The molecule has 1 saturated carbocycles. The van der Waals surface area contributed by atoms with Crippen molar-refractivity contribution in [1.82, 2.24) is 15.0 Å². The summed E-state index contributed by atoms with van der Waals surface area (Å²) in [4.78, 5) is 8.43. The summed E-state index contributed by atoms with van der Waals surface area (Å²) in [6.45, 7) is 0. The number of anilines is 3. The van der Waals surface area contributed by atoms with Crippen LogP contribution in [0, 0.1) is 0 Å². The number of nitrogens with one attached hydrogen (secondary N) is 2. The van der Waals surface area contributed by atoms with E-state index in [1.807, 2.05) is 19.1 Å². The van der Waals surface area contributed by atoms with Gasteiger partial charge in [0.2, 0.25) is 0 Å². The Balaban J connectivity index is 2.06. The molecule has 0 saturated heterocycles. The second-order valence-corrected chi connectivity index (χ2v) is 5.32. The average molecular weight is 264 g/mol. The Bertz CT molecular complexity index is 398. The van der Waals surface area contributed by atoms with Crippen LogP contribution in [0.2, 0.25) is 0 Å². The Labute approximate surface area is 114 Å². The maximum atomic E-state index is 6.11. The molecule has 0 radical (unpaired) electrons.